The number of carbonyl (C=O) groups is 1. The van der Waals surface area contributed by atoms with E-state index in [4.69, 9.17) is 5.73 Å². The minimum Gasteiger partial charge on any atom is -0.378 e. The smallest absolute Gasteiger partial charge is 0.293 e. The minimum absolute atomic E-state index is 0.00618. The molecule has 3 heterocycles. The Kier molecular flexibility index (Phi) is 5.65. The molecule has 0 aliphatic rings. The van der Waals surface area contributed by atoms with Crippen molar-refractivity contribution in [3.8, 4) is 5.82 Å². The summed E-state index contributed by atoms with van der Waals surface area (Å²) >= 11 is 1.30. The van der Waals surface area contributed by atoms with Crippen molar-refractivity contribution < 1.29 is 13.8 Å². The average Bonchev–Trinajstić information content (AvgIpc) is 3.47. The van der Waals surface area contributed by atoms with Crippen LogP contribution in [0.4, 0.5) is 10.2 Å². The van der Waals surface area contributed by atoms with Crippen molar-refractivity contribution in [1.82, 2.24) is 45.5 Å². The first-order valence-corrected chi connectivity index (χ1v) is 9.60. The second-order valence-electron chi connectivity index (χ2n) is 6.03. The molecule has 0 unspecified atom stereocenters. The summed E-state index contributed by atoms with van der Waals surface area (Å²) in [6.07, 6.45) is 2.92. The highest BCUT2D eigenvalue weighted by Gasteiger charge is 2.24. The van der Waals surface area contributed by atoms with E-state index in [0.29, 0.717) is 16.4 Å². The number of nitrogens with one attached hydrogen (secondary N) is 1. The molecule has 0 radical (unpaired) electrons. The average molecular weight is 443 g/mol. The molecule has 0 saturated heterocycles. The number of aromatic nitrogens is 8. The Balaban J connectivity index is 1.57. The lowest BCUT2D eigenvalue weighted by molar-refractivity contribution is 0.0949. The maximum absolute atomic E-state index is 13.0. The van der Waals surface area contributed by atoms with Gasteiger partial charge in [0.1, 0.15) is 12.1 Å². The fourth-order valence-electron chi connectivity index (χ4n) is 2.42. The molecule has 0 fully saturated rings. The quantitative estimate of drug-likeness (QED) is 0.234. The summed E-state index contributed by atoms with van der Waals surface area (Å²) in [5.41, 5.74) is 9.09. The van der Waals surface area contributed by atoms with Crippen LogP contribution >= 0.6 is 11.8 Å². The van der Waals surface area contributed by atoms with Gasteiger partial charge in [-0.2, -0.15) is 9.78 Å². The van der Waals surface area contributed by atoms with Crippen molar-refractivity contribution in [2.24, 2.45) is 12.1 Å². The summed E-state index contributed by atoms with van der Waals surface area (Å²) in [5.74, 6) is -0.681. The number of hydrogen-bond acceptors (Lipinski definition) is 11. The second kappa shape index (κ2) is 8.70. The van der Waals surface area contributed by atoms with Crippen LogP contribution in [0.5, 0.6) is 0 Å². The Morgan fingerprint density at radius 3 is 2.81 bits per heavy atom. The standard InChI is InChI=1S/C16H14FN11O2S/c1-27-8-20-23-16(27)31-7-11-12(21-26-28(11)14-13(18)24-30-25-14)15(29)22-19-6-9-2-4-10(17)5-3-9/h2-6,8H,7H2,1H3,(H2,18,24)(H,22,29)/b19-6+. The van der Waals surface area contributed by atoms with Crippen LogP contribution < -0.4 is 11.2 Å². The van der Waals surface area contributed by atoms with E-state index in [1.807, 2.05) is 0 Å². The van der Waals surface area contributed by atoms with Crippen LogP contribution in [-0.2, 0) is 12.8 Å². The number of hydrazone groups is 1. The van der Waals surface area contributed by atoms with Gasteiger partial charge in [0.2, 0.25) is 11.6 Å². The lowest BCUT2D eigenvalue weighted by Crippen LogP contribution is -2.20. The molecule has 31 heavy (non-hydrogen) atoms. The lowest BCUT2D eigenvalue weighted by Gasteiger charge is -2.05. The van der Waals surface area contributed by atoms with Gasteiger partial charge in [0.05, 0.1) is 11.9 Å². The molecule has 15 heteroatoms. The zero-order valence-electron chi connectivity index (χ0n) is 15.9. The summed E-state index contributed by atoms with van der Waals surface area (Å²) in [5, 5.41) is 27.4. The van der Waals surface area contributed by atoms with Gasteiger partial charge in [0.25, 0.3) is 5.91 Å². The van der Waals surface area contributed by atoms with Gasteiger partial charge >= 0.3 is 0 Å². The monoisotopic (exact) mass is 443 g/mol. The number of nitrogens with zero attached hydrogens (tertiary/aromatic N) is 9. The highest BCUT2D eigenvalue weighted by Crippen LogP contribution is 2.24. The number of amides is 1. The Morgan fingerprint density at radius 2 is 2.13 bits per heavy atom. The fraction of sp³-hybridized carbons (Fsp3) is 0.125. The number of hydrogen-bond donors (Lipinski definition) is 2. The summed E-state index contributed by atoms with van der Waals surface area (Å²) in [6, 6.07) is 5.61. The van der Waals surface area contributed by atoms with Gasteiger partial charge in [-0.05, 0) is 28.0 Å². The van der Waals surface area contributed by atoms with Gasteiger partial charge < -0.3 is 10.3 Å². The maximum atomic E-state index is 13.0. The van der Waals surface area contributed by atoms with Crippen LogP contribution in [0, 0.1) is 5.82 Å². The SMILES string of the molecule is Cn1cnnc1SCc1c(C(=O)N/N=C/c2ccc(F)cc2)nnn1-c1nonc1N. The highest BCUT2D eigenvalue weighted by molar-refractivity contribution is 7.98. The van der Waals surface area contributed by atoms with E-state index in [1.165, 1.54) is 46.9 Å². The summed E-state index contributed by atoms with van der Waals surface area (Å²) in [6.45, 7) is 0. The number of halogens is 1. The summed E-state index contributed by atoms with van der Waals surface area (Å²) < 4.78 is 20.6. The van der Waals surface area contributed by atoms with Gasteiger partial charge in [0, 0.05) is 12.8 Å². The largest absolute Gasteiger partial charge is 0.378 e. The molecule has 1 amide bonds. The van der Waals surface area contributed by atoms with Crippen molar-refractivity contribution in [2.75, 3.05) is 5.73 Å². The maximum Gasteiger partial charge on any atom is 0.293 e. The molecular weight excluding hydrogens is 429 g/mol. The number of benzene rings is 1. The van der Waals surface area contributed by atoms with Crippen LogP contribution in [-0.4, -0.2) is 52.2 Å². The Hall–Kier alpha value is -4.14. The molecule has 0 atom stereocenters. The van der Waals surface area contributed by atoms with E-state index in [9.17, 15) is 9.18 Å². The molecule has 0 saturated carbocycles. The van der Waals surface area contributed by atoms with Crippen LogP contribution in [0.15, 0.2) is 45.5 Å². The molecule has 0 bridgehead atoms. The molecular formula is C16H14FN11O2S. The van der Waals surface area contributed by atoms with E-state index >= 15 is 0 Å². The number of thioether (sulfide) groups is 1. The van der Waals surface area contributed by atoms with Crippen LogP contribution in [0.1, 0.15) is 21.7 Å². The third-order valence-electron chi connectivity index (χ3n) is 3.93. The zero-order chi connectivity index (χ0) is 21.8. The first-order chi connectivity index (χ1) is 15.0. The number of anilines is 1. The van der Waals surface area contributed by atoms with Gasteiger partial charge in [-0.25, -0.2) is 14.4 Å². The molecule has 3 N–H and O–H groups in total. The molecule has 0 spiro atoms. The predicted octanol–water partition coefficient (Wildman–Crippen LogP) is 0.556. The number of aryl methyl sites for hydroxylation is 1. The van der Waals surface area contributed by atoms with E-state index in [0.717, 1.165) is 0 Å². The van der Waals surface area contributed by atoms with Crippen LogP contribution in [0.3, 0.4) is 0 Å². The van der Waals surface area contributed by atoms with Crippen LogP contribution in [0.25, 0.3) is 5.82 Å². The minimum atomic E-state index is -0.617. The molecule has 1 aromatic carbocycles. The molecule has 13 nitrogen and oxygen atoms in total. The highest BCUT2D eigenvalue weighted by atomic mass is 32.2. The van der Waals surface area contributed by atoms with Crippen LogP contribution in [0.2, 0.25) is 0 Å². The summed E-state index contributed by atoms with van der Waals surface area (Å²) in [7, 11) is 1.79. The number of nitrogens with two attached hydrogens (primary N) is 1. The predicted molar refractivity (Wildman–Crippen MR) is 106 cm³/mol. The molecule has 3 aromatic heterocycles. The number of nitrogen functional groups attached to an aromatic ring is 1. The molecule has 4 rings (SSSR count). The molecule has 0 aliphatic heterocycles. The Bertz CT molecular complexity index is 1230. The second-order valence-corrected chi connectivity index (χ2v) is 6.98. The first kappa shape index (κ1) is 20.1. The van der Waals surface area contributed by atoms with Crippen molar-refractivity contribution in [3.05, 3.63) is 53.4 Å². The van der Waals surface area contributed by atoms with Gasteiger partial charge in [-0.15, -0.1) is 15.3 Å². The van der Waals surface area contributed by atoms with Crippen molar-refractivity contribution in [3.63, 3.8) is 0 Å². The van der Waals surface area contributed by atoms with E-state index in [-0.39, 0.29) is 28.9 Å². The number of rotatable bonds is 7. The van der Waals surface area contributed by atoms with E-state index in [1.54, 1.807) is 17.9 Å². The third kappa shape index (κ3) is 4.40. The number of carbonyl (C=O) groups excluding carboxylic acids is 1. The van der Waals surface area contributed by atoms with Crippen molar-refractivity contribution in [2.45, 2.75) is 10.9 Å². The van der Waals surface area contributed by atoms with Gasteiger partial charge in [-0.3, -0.25) is 4.79 Å². The molecule has 158 valence electrons. The lowest BCUT2D eigenvalue weighted by atomic mass is 10.2. The molecule has 4 aromatic rings. The zero-order valence-corrected chi connectivity index (χ0v) is 16.7. The Morgan fingerprint density at radius 1 is 1.32 bits per heavy atom. The molecule has 0 aliphatic carbocycles. The van der Waals surface area contributed by atoms with Crippen molar-refractivity contribution >= 4 is 29.7 Å². The van der Waals surface area contributed by atoms with E-state index < -0.39 is 5.91 Å². The van der Waals surface area contributed by atoms with Gasteiger partial charge in [0.15, 0.2) is 10.9 Å². The summed E-state index contributed by atoms with van der Waals surface area (Å²) in [4.78, 5) is 12.7. The Labute approximate surface area is 177 Å². The van der Waals surface area contributed by atoms with Crippen molar-refractivity contribution in [1.29, 1.82) is 0 Å². The van der Waals surface area contributed by atoms with E-state index in [2.05, 4.69) is 46.0 Å². The third-order valence-corrected chi connectivity index (χ3v) is 4.98. The van der Waals surface area contributed by atoms with Gasteiger partial charge in [-0.1, -0.05) is 29.1 Å². The topological polar surface area (TPSA) is 168 Å². The first-order valence-electron chi connectivity index (χ1n) is 8.61. The fourth-order valence-corrected chi connectivity index (χ4v) is 3.30. The normalized spacial score (nSPS) is 11.3.